The van der Waals surface area contributed by atoms with Gasteiger partial charge in [0.05, 0.1) is 6.61 Å². The van der Waals surface area contributed by atoms with Crippen LogP contribution in [-0.2, 0) is 4.74 Å². The molecule has 1 rings (SSSR count). The highest BCUT2D eigenvalue weighted by molar-refractivity contribution is 5.92. The summed E-state index contributed by atoms with van der Waals surface area (Å²) in [4.78, 5) is 11.8. The molecule has 0 bridgehead atoms. The van der Waals surface area contributed by atoms with E-state index in [0.717, 1.165) is 12.8 Å². The standard InChI is InChI=1S/C24H40O3/c1-2-3-4-5-6-7-8-9-10-11-12-13-14-15-18-21-27-24(26)22-19-16-17-20-23(22)25/h16-17,19-20,25H,2-15,18,21H2,1H3. The number of aromatic hydroxyl groups is 1. The third-order valence-corrected chi connectivity index (χ3v) is 5.11. The van der Waals surface area contributed by atoms with Gasteiger partial charge in [-0.3, -0.25) is 0 Å². The first-order valence-electron chi connectivity index (χ1n) is 11.2. The van der Waals surface area contributed by atoms with Gasteiger partial charge in [-0.1, -0.05) is 109 Å². The molecule has 1 aromatic rings. The van der Waals surface area contributed by atoms with Crippen molar-refractivity contribution in [2.24, 2.45) is 0 Å². The summed E-state index contributed by atoms with van der Waals surface area (Å²) in [6.07, 6.45) is 19.8. The van der Waals surface area contributed by atoms with Crippen molar-refractivity contribution >= 4 is 5.97 Å². The summed E-state index contributed by atoms with van der Waals surface area (Å²) in [5.74, 6) is -0.447. The van der Waals surface area contributed by atoms with Gasteiger partial charge in [-0.15, -0.1) is 0 Å². The summed E-state index contributed by atoms with van der Waals surface area (Å²) in [6.45, 7) is 2.71. The number of para-hydroxylation sites is 1. The number of phenolic OH excluding ortho intramolecular Hbond substituents is 1. The first kappa shape index (κ1) is 23.5. The van der Waals surface area contributed by atoms with E-state index in [-0.39, 0.29) is 11.3 Å². The van der Waals surface area contributed by atoms with Crippen LogP contribution in [0.15, 0.2) is 24.3 Å². The molecular formula is C24H40O3. The van der Waals surface area contributed by atoms with Crippen molar-refractivity contribution in [3.8, 4) is 5.75 Å². The second-order valence-electron chi connectivity index (χ2n) is 7.60. The van der Waals surface area contributed by atoms with Crippen molar-refractivity contribution in [3.63, 3.8) is 0 Å². The topological polar surface area (TPSA) is 46.5 Å². The average molecular weight is 377 g/mol. The fraction of sp³-hybridized carbons (Fsp3) is 0.708. The number of ether oxygens (including phenoxy) is 1. The van der Waals surface area contributed by atoms with Gasteiger partial charge in [-0.2, -0.15) is 0 Å². The number of phenols is 1. The predicted octanol–water partition coefficient (Wildman–Crippen LogP) is 7.42. The molecule has 0 heterocycles. The highest BCUT2D eigenvalue weighted by Crippen LogP contribution is 2.17. The number of esters is 1. The van der Waals surface area contributed by atoms with Crippen LogP contribution in [-0.4, -0.2) is 17.7 Å². The predicted molar refractivity (Wildman–Crippen MR) is 113 cm³/mol. The Balaban J connectivity index is 1.82. The number of unbranched alkanes of at least 4 members (excludes halogenated alkanes) is 14. The zero-order valence-electron chi connectivity index (χ0n) is 17.4. The van der Waals surface area contributed by atoms with E-state index < -0.39 is 5.97 Å². The van der Waals surface area contributed by atoms with Crippen LogP contribution >= 0.6 is 0 Å². The first-order chi connectivity index (χ1) is 13.3. The molecular weight excluding hydrogens is 336 g/mol. The van der Waals surface area contributed by atoms with Crippen molar-refractivity contribution in [1.29, 1.82) is 0 Å². The third-order valence-electron chi connectivity index (χ3n) is 5.11. The largest absolute Gasteiger partial charge is 0.507 e. The molecule has 0 aliphatic heterocycles. The number of benzene rings is 1. The summed E-state index contributed by atoms with van der Waals surface area (Å²) < 4.78 is 5.22. The van der Waals surface area contributed by atoms with Crippen molar-refractivity contribution < 1.29 is 14.6 Å². The van der Waals surface area contributed by atoms with Gasteiger partial charge < -0.3 is 9.84 Å². The molecule has 0 spiro atoms. The molecule has 3 heteroatoms. The van der Waals surface area contributed by atoms with Gasteiger partial charge >= 0.3 is 5.97 Å². The van der Waals surface area contributed by atoms with Crippen molar-refractivity contribution in [2.45, 2.75) is 103 Å². The van der Waals surface area contributed by atoms with Gasteiger partial charge in [0.15, 0.2) is 0 Å². The molecule has 0 amide bonds. The number of carbonyl (C=O) groups excluding carboxylic acids is 1. The van der Waals surface area contributed by atoms with Crippen molar-refractivity contribution in [3.05, 3.63) is 29.8 Å². The Hall–Kier alpha value is -1.51. The van der Waals surface area contributed by atoms with E-state index in [1.165, 1.54) is 89.5 Å². The molecule has 0 saturated carbocycles. The minimum absolute atomic E-state index is 0.0148. The Labute approximate surface area is 166 Å². The normalized spacial score (nSPS) is 10.9. The molecule has 1 N–H and O–H groups in total. The zero-order chi connectivity index (χ0) is 19.6. The zero-order valence-corrected chi connectivity index (χ0v) is 17.4. The second kappa shape index (κ2) is 16.6. The maximum absolute atomic E-state index is 11.8. The van der Waals surface area contributed by atoms with E-state index in [1.807, 2.05) is 0 Å². The molecule has 1 aromatic carbocycles. The van der Waals surface area contributed by atoms with Crippen LogP contribution < -0.4 is 0 Å². The molecule has 0 aliphatic rings. The SMILES string of the molecule is CCCCCCCCCCCCCCCCCOC(=O)c1ccccc1O. The molecule has 0 fully saturated rings. The van der Waals surface area contributed by atoms with Crippen molar-refractivity contribution in [2.75, 3.05) is 6.61 Å². The lowest BCUT2D eigenvalue weighted by molar-refractivity contribution is 0.0494. The molecule has 154 valence electrons. The second-order valence-corrected chi connectivity index (χ2v) is 7.60. The van der Waals surface area contributed by atoms with Gasteiger partial charge in [0.2, 0.25) is 0 Å². The highest BCUT2D eigenvalue weighted by atomic mass is 16.5. The van der Waals surface area contributed by atoms with Gasteiger partial charge in [0.1, 0.15) is 11.3 Å². The van der Waals surface area contributed by atoms with Crippen LogP contribution in [0, 0.1) is 0 Å². The average Bonchev–Trinajstić information content (AvgIpc) is 2.68. The van der Waals surface area contributed by atoms with Crippen LogP contribution in [0.4, 0.5) is 0 Å². The van der Waals surface area contributed by atoms with E-state index in [0.29, 0.717) is 6.61 Å². The van der Waals surface area contributed by atoms with Gasteiger partial charge in [-0.05, 0) is 18.6 Å². The minimum Gasteiger partial charge on any atom is -0.507 e. The van der Waals surface area contributed by atoms with Crippen molar-refractivity contribution in [1.82, 2.24) is 0 Å². The van der Waals surface area contributed by atoms with E-state index in [9.17, 15) is 9.90 Å². The first-order valence-corrected chi connectivity index (χ1v) is 11.2. The summed E-state index contributed by atoms with van der Waals surface area (Å²) >= 11 is 0. The number of rotatable bonds is 17. The maximum atomic E-state index is 11.8. The van der Waals surface area contributed by atoms with Gasteiger partial charge in [-0.25, -0.2) is 4.79 Å². The molecule has 0 atom stereocenters. The Morgan fingerprint density at radius 3 is 1.67 bits per heavy atom. The minimum atomic E-state index is -0.432. The Morgan fingerprint density at radius 1 is 0.741 bits per heavy atom. The highest BCUT2D eigenvalue weighted by Gasteiger charge is 2.10. The summed E-state index contributed by atoms with van der Waals surface area (Å²) in [7, 11) is 0. The lowest BCUT2D eigenvalue weighted by Crippen LogP contribution is -2.06. The van der Waals surface area contributed by atoms with E-state index >= 15 is 0 Å². The molecule has 27 heavy (non-hydrogen) atoms. The van der Waals surface area contributed by atoms with Crippen LogP contribution in [0.5, 0.6) is 5.75 Å². The van der Waals surface area contributed by atoms with Crippen LogP contribution in [0.3, 0.4) is 0 Å². The van der Waals surface area contributed by atoms with Crippen LogP contribution in [0.1, 0.15) is 114 Å². The number of carbonyl (C=O) groups is 1. The fourth-order valence-electron chi connectivity index (χ4n) is 3.36. The molecule has 0 unspecified atom stereocenters. The molecule has 3 nitrogen and oxygen atoms in total. The summed E-state index contributed by atoms with van der Waals surface area (Å²) in [5.41, 5.74) is 0.249. The number of hydrogen-bond acceptors (Lipinski definition) is 3. The third kappa shape index (κ3) is 12.5. The molecule has 0 radical (unpaired) electrons. The quantitative estimate of drug-likeness (QED) is 0.227. The van der Waals surface area contributed by atoms with Crippen LogP contribution in [0.25, 0.3) is 0 Å². The van der Waals surface area contributed by atoms with E-state index in [1.54, 1.807) is 18.2 Å². The lowest BCUT2D eigenvalue weighted by Gasteiger charge is -2.06. The summed E-state index contributed by atoms with van der Waals surface area (Å²) in [6, 6.07) is 6.51. The monoisotopic (exact) mass is 376 g/mol. The Bertz CT molecular complexity index is 484. The Kier molecular flexibility index (Phi) is 14.5. The van der Waals surface area contributed by atoms with E-state index in [2.05, 4.69) is 6.92 Å². The van der Waals surface area contributed by atoms with Crippen LogP contribution in [0.2, 0.25) is 0 Å². The lowest BCUT2D eigenvalue weighted by atomic mass is 10.0. The fourth-order valence-corrected chi connectivity index (χ4v) is 3.36. The van der Waals surface area contributed by atoms with E-state index in [4.69, 9.17) is 4.74 Å². The molecule has 0 saturated heterocycles. The van der Waals surface area contributed by atoms with Gasteiger partial charge in [0, 0.05) is 0 Å². The summed E-state index contributed by atoms with van der Waals surface area (Å²) in [5, 5.41) is 9.62. The maximum Gasteiger partial charge on any atom is 0.341 e. The smallest absolute Gasteiger partial charge is 0.341 e. The molecule has 0 aliphatic carbocycles. The number of hydrogen-bond donors (Lipinski definition) is 1. The molecule has 0 aromatic heterocycles. The van der Waals surface area contributed by atoms with Gasteiger partial charge in [0.25, 0.3) is 0 Å². The Morgan fingerprint density at radius 2 is 1.19 bits per heavy atom.